The second-order valence-corrected chi connectivity index (χ2v) is 6.69. The van der Waals surface area contributed by atoms with Crippen LogP contribution in [0.3, 0.4) is 0 Å². The fraction of sp³-hybridized carbons (Fsp3) is 0.917. The zero-order valence-corrected chi connectivity index (χ0v) is 11.1. The van der Waals surface area contributed by atoms with Crippen molar-refractivity contribution in [2.24, 2.45) is 0 Å². The van der Waals surface area contributed by atoms with E-state index in [4.69, 9.17) is 0 Å². The predicted octanol–water partition coefficient (Wildman–Crippen LogP) is 1.48. The Balaban J connectivity index is 1.99. The largest absolute Gasteiger partial charge is 0.339 e. The van der Waals surface area contributed by atoms with Gasteiger partial charge in [-0.1, -0.05) is 6.92 Å². The summed E-state index contributed by atoms with van der Waals surface area (Å²) in [6.07, 6.45) is 3.37. The first-order valence-corrected chi connectivity index (χ1v) is 7.33. The van der Waals surface area contributed by atoms with Gasteiger partial charge in [0.25, 0.3) is 0 Å². The number of thioether (sulfide) groups is 1. The van der Waals surface area contributed by atoms with Crippen molar-refractivity contribution in [2.45, 2.75) is 43.9 Å². The van der Waals surface area contributed by atoms with Crippen LogP contribution < -0.4 is 5.32 Å². The first kappa shape index (κ1) is 12.2. The number of hydrogen-bond acceptors (Lipinski definition) is 3. The Kier molecular flexibility index (Phi) is 3.80. The molecule has 2 heterocycles. The first-order chi connectivity index (χ1) is 7.62. The van der Waals surface area contributed by atoms with Crippen LogP contribution in [0.4, 0.5) is 0 Å². The van der Waals surface area contributed by atoms with Gasteiger partial charge in [0.1, 0.15) is 0 Å². The van der Waals surface area contributed by atoms with E-state index in [2.05, 4.69) is 24.1 Å². The highest BCUT2D eigenvalue weighted by molar-refractivity contribution is 7.99. The Morgan fingerprint density at radius 1 is 1.50 bits per heavy atom. The van der Waals surface area contributed by atoms with Crippen LogP contribution in [-0.4, -0.2) is 47.0 Å². The zero-order valence-electron chi connectivity index (χ0n) is 10.3. The van der Waals surface area contributed by atoms with Crippen molar-refractivity contribution in [1.82, 2.24) is 10.2 Å². The number of amides is 1. The van der Waals surface area contributed by atoms with Gasteiger partial charge in [-0.3, -0.25) is 4.79 Å². The zero-order chi connectivity index (χ0) is 11.6. The van der Waals surface area contributed by atoms with E-state index in [-0.39, 0.29) is 5.54 Å². The molecule has 2 unspecified atom stereocenters. The van der Waals surface area contributed by atoms with Gasteiger partial charge < -0.3 is 10.2 Å². The Hall–Kier alpha value is -0.220. The van der Waals surface area contributed by atoms with E-state index in [1.165, 1.54) is 12.8 Å². The lowest BCUT2D eigenvalue weighted by molar-refractivity contribution is -0.138. The summed E-state index contributed by atoms with van der Waals surface area (Å²) in [4.78, 5) is 14.5. The molecule has 0 bridgehead atoms. The number of carbonyl (C=O) groups is 1. The van der Waals surface area contributed by atoms with Gasteiger partial charge in [0.05, 0.1) is 5.54 Å². The van der Waals surface area contributed by atoms with Crippen LogP contribution in [0.5, 0.6) is 0 Å². The third kappa shape index (κ3) is 2.54. The quantitative estimate of drug-likeness (QED) is 0.756. The molecule has 0 radical (unpaired) electrons. The summed E-state index contributed by atoms with van der Waals surface area (Å²) in [6, 6.07) is 0. The highest BCUT2D eigenvalue weighted by Gasteiger charge is 2.38. The van der Waals surface area contributed by atoms with Crippen LogP contribution in [0.25, 0.3) is 0 Å². The van der Waals surface area contributed by atoms with Crippen molar-refractivity contribution < 1.29 is 4.79 Å². The molecule has 0 aromatic heterocycles. The van der Waals surface area contributed by atoms with Crippen LogP contribution in [-0.2, 0) is 4.79 Å². The number of piperidine rings is 1. The molecule has 92 valence electrons. The Morgan fingerprint density at radius 2 is 2.31 bits per heavy atom. The lowest BCUT2D eigenvalue weighted by Crippen LogP contribution is -2.59. The highest BCUT2D eigenvalue weighted by atomic mass is 32.2. The molecule has 0 aromatic carbocycles. The average Bonchev–Trinajstić information content (AvgIpc) is 2.29. The fourth-order valence-corrected chi connectivity index (χ4v) is 3.60. The highest BCUT2D eigenvalue weighted by Crippen LogP contribution is 2.25. The van der Waals surface area contributed by atoms with Crippen LogP contribution in [0.15, 0.2) is 0 Å². The summed E-state index contributed by atoms with van der Waals surface area (Å²) in [5.41, 5.74) is -0.292. The van der Waals surface area contributed by atoms with Gasteiger partial charge in [-0.05, 0) is 32.7 Å². The van der Waals surface area contributed by atoms with Crippen LogP contribution in [0.2, 0.25) is 0 Å². The lowest BCUT2D eigenvalue weighted by atomic mass is 9.89. The molecule has 4 heteroatoms. The van der Waals surface area contributed by atoms with Crippen LogP contribution in [0, 0.1) is 0 Å². The van der Waals surface area contributed by atoms with Gasteiger partial charge in [-0.25, -0.2) is 0 Å². The molecule has 2 saturated heterocycles. The molecule has 16 heavy (non-hydrogen) atoms. The maximum Gasteiger partial charge on any atom is 0.242 e. The molecule has 0 aromatic rings. The molecule has 0 spiro atoms. The minimum Gasteiger partial charge on any atom is -0.339 e. The van der Waals surface area contributed by atoms with Crippen molar-refractivity contribution in [2.75, 3.05) is 25.4 Å². The number of nitrogens with one attached hydrogen (secondary N) is 1. The van der Waals surface area contributed by atoms with E-state index in [1.54, 1.807) is 0 Å². The minimum atomic E-state index is -0.292. The average molecular weight is 242 g/mol. The summed E-state index contributed by atoms with van der Waals surface area (Å²) < 4.78 is 0. The molecule has 2 aliphatic heterocycles. The Labute approximate surface area is 102 Å². The van der Waals surface area contributed by atoms with Crippen molar-refractivity contribution >= 4 is 17.7 Å². The van der Waals surface area contributed by atoms with Crippen molar-refractivity contribution in [3.05, 3.63) is 0 Å². The smallest absolute Gasteiger partial charge is 0.242 e. The second-order valence-electron chi connectivity index (χ2n) is 5.15. The summed E-state index contributed by atoms with van der Waals surface area (Å²) in [6.45, 7) is 7.11. The van der Waals surface area contributed by atoms with Crippen LogP contribution >= 0.6 is 11.8 Å². The van der Waals surface area contributed by atoms with E-state index < -0.39 is 0 Å². The summed E-state index contributed by atoms with van der Waals surface area (Å²) in [5, 5.41) is 4.00. The summed E-state index contributed by atoms with van der Waals surface area (Å²) >= 11 is 1.97. The molecule has 2 rings (SSSR count). The minimum absolute atomic E-state index is 0.292. The Bertz CT molecular complexity index is 264. The molecule has 1 N–H and O–H groups in total. The fourth-order valence-electron chi connectivity index (χ4n) is 2.59. The van der Waals surface area contributed by atoms with Crippen molar-refractivity contribution in [3.8, 4) is 0 Å². The van der Waals surface area contributed by atoms with E-state index >= 15 is 0 Å². The maximum absolute atomic E-state index is 12.5. The van der Waals surface area contributed by atoms with E-state index in [0.29, 0.717) is 11.2 Å². The number of rotatable bonds is 1. The van der Waals surface area contributed by atoms with Crippen LogP contribution in [0.1, 0.15) is 33.1 Å². The Morgan fingerprint density at radius 3 is 2.94 bits per heavy atom. The standard InChI is InChI=1S/C12H22N2OS/c1-10-9-14(7-8-16-10)11(15)12(2)5-3-4-6-13-12/h10,13H,3-9H2,1-2H3. The molecule has 1 amide bonds. The van der Waals surface area contributed by atoms with Gasteiger partial charge in [-0.15, -0.1) is 0 Å². The predicted molar refractivity (Wildman–Crippen MR) is 68.8 cm³/mol. The number of carbonyl (C=O) groups excluding carboxylic acids is 1. The van der Waals surface area contributed by atoms with E-state index in [1.807, 2.05) is 11.8 Å². The molecule has 2 aliphatic rings. The van der Waals surface area contributed by atoms with Crippen molar-refractivity contribution in [1.29, 1.82) is 0 Å². The van der Waals surface area contributed by atoms with E-state index in [9.17, 15) is 4.79 Å². The number of nitrogens with zero attached hydrogens (tertiary/aromatic N) is 1. The van der Waals surface area contributed by atoms with Crippen molar-refractivity contribution in [3.63, 3.8) is 0 Å². The van der Waals surface area contributed by atoms with Gasteiger partial charge in [0.15, 0.2) is 0 Å². The molecule has 3 nitrogen and oxygen atoms in total. The third-order valence-corrected chi connectivity index (χ3v) is 4.76. The molecular weight excluding hydrogens is 220 g/mol. The SMILES string of the molecule is CC1CN(C(=O)C2(C)CCCCN2)CCS1. The van der Waals surface area contributed by atoms with Gasteiger partial charge in [0.2, 0.25) is 5.91 Å². The number of hydrogen-bond donors (Lipinski definition) is 1. The first-order valence-electron chi connectivity index (χ1n) is 6.28. The maximum atomic E-state index is 12.5. The molecule has 0 saturated carbocycles. The molecular formula is C12H22N2OS. The molecule has 2 fully saturated rings. The van der Waals surface area contributed by atoms with Gasteiger partial charge in [-0.2, -0.15) is 11.8 Å². The summed E-state index contributed by atoms with van der Waals surface area (Å²) in [7, 11) is 0. The van der Waals surface area contributed by atoms with Gasteiger partial charge >= 0.3 is 0 Å². The normalized spacial score (nSPS) is 36.1. The second kappa shape index (κ2) is 4.96. The topological polar surface area (TPSA) is 32.3 Å². The van der Waals surface area contributed by atoms with Gasteiger partial charge in [0, 0.05) is 24.1 Å². The van der Waals surface area contributed by atoms with E-state index in [0.717, 1.165) is 31.8 Å². The third-order valence-electron chi connectivity index (χ3n) is 3.62. The summed E-state index contributed by atoms with van der Waals surface area (Å²) in [5.74, 6) is 1.41. The lowest BCUT2D eigenvalue weighted by Gasteiger charge is -2.40. The molecule has 2 atom stereocenters. The monoisotopic (exact) mass is 242 g/mol. The molecule has 0 aliphatic carbocycles.